The summed E-state index contributed by atoms with van der Waals surface area (Å²) in [6.07, 6.45) is 2.37. The molecular weight excluding hydrogens is 156 g/mol. The number of carboxylic acid groups (broad SMARTS) is 1. The van der Waals surface area contributed by atoms with E-state index in [2.05, 4.69) is 0 Å². The van der Waals surface area contributed by atoms with Crippen molar-refractivity contribution in [2.45, 2.75) is 25.4 Å². The number of nitrogens with zero attached hydrogens (tertiary/aromatic N) is 2. The molecule has 1 N–H and O–H groups in total. The highest BCUT2D eigenvalue weighted by Gasteiger charge is 2.27. The van der Waals surface area contributed by atoms with Crippen molar-refractivity contribution < 1.29 is 9.90 Å². The van der Waals surface area contributed by atoms with Crippen molar-refractivity contribution in [2.75, 3.05) is 20.6 Å². The topological polar surface area (TPSA) is 43.8 Å². The van der Waals surface area contributed by atoms with Gasteiger partial charge in [0.05, 0.1) is 6.17 Å². The Hall–Kier alpha value is -0.770. The summed E-state index contributed by atoms with van der Waals surface area (Å²) >= 11 is 0. The summed E-state index contributed by atoms with van der Waals surface area (Å²) < 4.78 is 0. The molecule has 1 fully saturated rings. The molecule has 1 saturated heterocycles. The molecule has 0 saturated carbocycles. The lowest BCUT2D eigenvalue weighted by Gasteiger charge is -2.37. The van der Waals surface area contributed by atoms with Gasteiger partial charge in [-0.1, -0.05) is 0 Å². The van der Waals surface area contributed by atoms with Crippen LogP contribution in [0.3, 0.4) is 0 Å². The molecule has 1 aliphatic rings. The molecule has 0 aromatic carbocycles. The van der Waals surface area contributed by atoms with E-state index in [4.69, 9.17) is 5.11 Å². The molecule has 0 aliphatic carbocycles. The second-order valence-electron chi connectivity index (χ2n) is 3.42. The molecular formula is C8H16N2O2. The smallest absolute Gasteiger partial charge is 0.408 e. The number of rotatable bonds is 1. The van der Waals surface area contributed by atoms with Crippen LogP contribution in [0.2, 0.25) is 0 Å². The van der Waals surface area contributed by atoms with E-state index in [1.54, 1.807) is 0 Å². The molecule has 1 unspecified atom stereocenters. The Morgan fingerprint density at radius 1 is 1.50 bits per heavy atom. The number of likely N-dealkylation sites (tertiary alicyclic amines) is 1. The molecule has 12 heavy (non-hydrogen) atoms. The van der Waals surface area contributed by atoms with E-state index in [0.717, 1.165) is 19.3 Å². The van der Waals surface area contributed by atoms with Gasteiger partial charge in [-0.05, 0) is 33.4 Å². The maximum Gasteiger partial charge on any atom is 0.408 e. The zero-order valence-corrected chi connectivity index (χ0v) is 7.66. The number of piperidine rings is 1. The molecule has 0 radical (unpaired) electrons. The first-order chi connectivity index (χ1) is 5.63. The summed E-state index contributed by atoms with van der Waals surface area (Å²) in [5.74, 6) is 0. The lowest BCUT2D eigenvalue weighted by molar-refractivity contribution is 0.0460. The molecule has 70 valence electrons. The van der Waals surface area contributed by atoms with E-state index >= 15 is 0 Å². The van der Waals surface area contributed by atoms with Crippen LogP contribution >= 0.6 is 0 Å². The molecule has 4 nitrogen and oxygen atoms in total. The number of amides is 1. The summed E-state index contributed by atoms with van der Waals surface area (Å²) in [6.45, 7) is 0.679. The van der Waals surface area contributed by atoms with Crippen molar-refractivity contribution in [2.24, 2.45) is 0 Å². The fraction of sp³-hybridized carbons (Fsp3) is 0.875. The van der Waals surface area contributed by atoms with E-state index in [9.17, 15) is 4.79 Å². The van der Waals surface area contributed by atoms with Crippen molar-refractivity contribution in [1.82, 2.24) is 9.80 Å². The van der Waals surface area contributed by atoms with E-state index in [1.807, 2.05) is 19.0 Å². The zero-order chi connectivity index (χ0) is 9.14. The van der Waals surface area contributed by atoms with Crippen LogP contribution in [0.5, 0.6) is 0 Å². The number of hydrogen-bond acceptors (Lipinski definition) is 2. The van der Waals surface area contributed by atoms with Crippen molar-refractivity contribution in [3.63, 3.8) is 0 Å². The molecule has 0 aromatic rings. The van der Waals surface area contributed by atoms with Gasteiger partial charge in [-0.15, -0.1) is 0 Å². The molecule has 1 amide bonds. The first-order valence-electron chi connectivity index (χ1n) is 4.29. The Morgan fingerprint density at radius 2 is 2.17 bits per heavy atom. The summed E-state index contributed by atoms with van der Waals surface area (Å²) in [4.78, 5) is 14.3. The second kappa shape index (κ2) is 3.76. The van der Waals surface area contributed by atoms with E-state index in [1.165, 1.54) is 4.90 Å². The highest BCUT2D eigenvalue weighted by Crippen LogP contribution is 2.17. The van der Waals surface area contributed by atoms with Crippen LogP contribution in [0.4, 0.5) is 4.79 Å². The molecule has 0 spiro atoms. The number of carbonyl (C=O) groups is 1. The lowest BCUT2D eigenvalue weighted by Crippen LogP contribution is -2.50. The van der Waals surface area contributed by atoms with Gasteiger partial charge in [0.25, 0.3) is 0 Å². The third-order valence-electron chi connectivity index (χ3n) is 2.31. The Kier molecular flexibility index (Phi) is 2.92. The largest absolute Gasteiger partial charge is 0.465 e. The fourth-order valence-corrected chi connectivity index (χ4v) is 1.67. The highest BCUT2D eigenvalue weighted by atomic mass is 16.4. The molecule has 0 bridgehead atoms. The van der Waals surface area contributed by atoms with Gasteiger partial charge in [0.2, 0.25) is 0 Å². The zero-order valence-electron chi connectivity index (χ0n) is 7.66. The molecule has 4 heteroatoms. The van der Waals surface area contributed by atoms with Crippen LogP contribution in [-0.4, -0.2) is 47.8 Å². The minimum absolute atomic E-state index is 0.0799. The predicted molar refractivity (Wildman–Crippen MR) is 46.1 cm³/mol. The fourth-order valence-electron chi connectivity index (χ4n) is 1.67. The maximum absolute atomic E-state index is 10.8. The average molecular weight is 172 g/mol. The second-order valence-corrected chi connectivity index (χ2v) is 3.42. The minimum atomic E-state index is -0.798. The third kappa shape index (κ3) is 1.88. The monoisotopic (exact) mass is 172 g/mol. The maximum atomic E-state index is 10.8. The predicted octanol–water partition coefficient (Wildman–Crippen LogP) is 1.04. The molecule has 1 atom stereocenters. The van der Waals surface area contributed by atoms with Crippen molar-refractivity contribution in [3.8, 4) is 0 Å². The van der Waals surface area contributed by atoms with E-state index in [-0.39, 0.29) is 6.17 Å². The van der Waals surface area contributed by atoms with Gasteiger partial charge >= 0.3 is 6.09 Å². The normalized spacial score (nSPS) is 24.6. The minimum Gasteiger partial charge on any atom is -0.465 e. The Labute approximate surface area is 72.8 Å². The van der Waals surface area contributed by atoms with Gasteiger partial charge in [-0.25, -0.2) is 4.79 Å². The quantitative estimate of drug-likeness (QED) is 0.642. The van der Waals surface area contributed by atoms with Crippen molar-refractivity contribution in [3.05, 3.63) is 0 Å². The highest BCUT2D eigenvalue weighted by molar-refractivity contribution is 5.65. The van der Waals surface area contributed by atoms with Gasteiger partial charge < -0.3 is 5.11 Å². The standard InChI is InChI=1S/C8H16N2O2/c1-9(2)7-5-3-4-6-10(7)8(11)12/h7H,3-6H2,1-2H3,(H,11,12). The average Bonchev–Trinajstić information content (AvgIpc) is 2.04. The van der Waals surface area contributed by atoms with Crippen LogP contribution in [0.1, 0.15) is 19.3 Å². The summed E-state index contributed by atoms with van der Waals surface area (Å²) in [6, 6.07) is 0. The molecule has 1 heterocycles. The Morgan fingerprint density at radius 3 is 2.58 bits per heavy atom. The van der Waals surface area contributed by atoms with Gasteiger partial charge in [0.1, 0.15) is 0 Å². The number of hydrogen-bond donors (Lipinski definition) is 1. The summed E-state index contributed by atoms with van der Waals surface area (Å²) in [5, 5.41) is 8.86. The van der Waals surface area contributed by atoms with Crippen LogP contribution < -0.4 is 0 Å². The van der Waals surface area contributed by atoms with Gasteiger partial charge in [-0.2, -0.15) is 0 Å². The first kappa shape index (κ1) is 9.32. The molecule has 1 rings (SSSR count). The van der Waals surface area contributed by atoms with E-state index in [0.29, 0.717) is 6.54 Å². The van der Waals surface area contributed by atoms with Gasteiger partial charge in [0.15, 0.2) is 0 Å². The molecule has 0 aromatic heterocycles. The lowest BCUT2D eigenvalue weighted by atomic mass is 10.1. The Bertz CT molecular complexity index is 170. The van der Waals surface area contributed by atoms with Crippen molar-refractivity contribution in [1.29, 1.82) is 0 Å². The SMILES string of the molecule is CN(C)C1CCCCN1C(=O)O. The van der Waals surface area contributed by atoms with Crippen LogP contribution in [0, 0.1) is 0 Å². The van der Waals surface area contributed by atoms with Gasteiger partial charge in [-0.3, -0.25) is 9.80 Å². The Balaban J connectivity index is 2.60. The summed E-state index contributed by atoms with van der Waals surface area (Å²) in [5.41, 5.74) is 0. The van der Waals surface area contributed by atoms with Gasteiger partial charge in [0, 0.05) is 6.54 Å². The van der Waals surface area contributed by atoms with E-state index < -0.39 is 6.09 Å². The van der Waals surface area contributed by atoms with Crippen molar-refractivity contribution >= 4 is 6.09 Å². The van der Waals surface area contributed by atoms with Crippen LogP contribution in [-0.2, 0) is 0 Å². The first-order valence-corrected chi connectivity index (χ1v) is 4.29. The van der Waals surface area contributed by atoms with Crippen LogP contribution in [0.25, 0.3) is 0 Å². The van der Waals surface area contributed by atoms with Crippen LogP contribution in [0.15, 0.2) is 0 Å². The summed E-state index contributed by atoms with van der Waals surface area (Å²) in [7, 11) is 3.85. The molecule has 1 aliphatic heterocycles. The third-order valence-corrected chi connectivity index (χ3v) is 2.31.